The van der Waals surface area contributed by atoms with Crippen molar-refractivity contribution in [2.75, 3.05) is 46.8 Å². The van der Waals surface area contributed by atoms with Crippen molar-refractivity contribution in [1.29, 1.82) is 0 Å². The first kappa shape index (κ1) is 21.0. The monoisotopic (exact) mass is 436 g/mol. The molecule has 0 aromatic carbocycles. The van der Waals surface area contributed by atoms with Crippen LogP contribution in [0.5, 0.6) is 0 Å². The number of halogens is 1. The van der Waals surface area contributed by atoms with E-state index in [4.69, 9.17) is 4.99 Å². The van der Waals surface area contributed by atoms with E-state index in [1.54, 1.807) is 0 Å². The van der Waals surface area contributed by atoms with Crippen LogP contribution in [-0.4, -0.2) is 62.6 Å². The summed E-state index contributed by atoms with van der Waals surface area (Å²) < 4.78 is 0. The minimum Gasteiger partial charge on any atom is -0.357 e. The summed E-state index contributed by atoms with van der Waals surface area (Å²) in [6.45, 7) is 12.1. The molecule has 1 N–H and O–H groups in total. The Balaban J connectivity index is 0.00000264. The fourth-order valence-corrected chi connectivity index (χ4v) is 4.27. The van der Waals surface area contributed by atoms with Gasteiger partial charge in [-0.1, -0.05) is 26.7 Å². The van der Waals surface area contributed by atoms with Gasteiger partial charge >= 0.3 is 0 Å². The quantitative estimate of drug-likeness (QED) is 0.407. The maximum atomic E-state index is 4.98. The summed E-state index contributed by atoms with van der Waals surface area (Å²) in [5.74, 6) is 1.14. The number of hydrogen-bond acceptors (Lipinski definition) is 2. The largest absolute Gasteiger partial charge is 0.357 e. The predicted octanol–water partition coefficient (Wildman–Crippen LogP) is 3.42. The number of nitrogens with one attached hydrogen (secondary N) is 1. The average Bonchev–Trinajstić information content (AvgIpc) is 3.04. The van der Waals surface area contributed by atoms with Crippen LogP contribution in [0.3, 0.4) is 0 Å². The molecule has 1 heterocycles. The van der Waals surface area contributed by atoms with E-state index < -0.39 is 0 Å². The van der Waals surface area contributed by atoms with Gasteiger partial charge < -0.3 is 15.1 Å². The van der Waals surface area contributed by atoms with Crippen LogP contribution in [0.25, 0.3) is 0 Å². The van der Waals surface area contributed by atoms with Gasteiger partial charge in [0.1, 0.15) is 0 Å². The highest BCUT2D eigenvalue weighted by molar-refractivity contribution is 14.0. The van der Waals surface area contributed by atoms with Crippen molar-refractivity contribution in [1.82, 2.24) is 15.1 Å². The van der Waals surface area contributed by atoms with Crippen molar-refractivity contribution in [3.8, 4) is 0 Å². The Morgan fingerprint density at radius 2 is 1.87 bits per heavy atom. The zero-order valence-electron chi connectivity index (χ0n) is 15.8. The van der Waals surface area contributed by atoms with Crippen LogP contribution in [0.4, 0.5) is 0 Å². The molecule has 0 aromatic rings. The van der Waals surface area contributed by atoms with Crippen LogP contribution in [0, 0.1) is 10.8 Å². The second kappa shape index (κ2) is 8.88. The third-order valence-electron chi connectivity index (χ3n) is 5.14. The lowest BCUT2D eigenvalue weighted by atomic mass is 9.86. The molecule has 0 radical (unpaired) electrons. The number of aliphatic imine (C=N–C) groups is 1. The molecule has 0 bridgehead atoms. The number of rotatable bonds is 5. The van der Waals surface area contributed by atoms with Gasteiger partial charge in [0.15, 0.2) is 5.96 Å². The van der Waals surface area contributed by atoms with E-state index in [0.717, 1.165) is 25.6 Å². The van der Waals surface area contributed by atoms with Crippen molar-refractivity contribution in [2.45, 2.75) is 52.9 Å². The Kier molecular flexibility index (Phi) is 8.11. The van der Waals surface area contributed by atoms with Gasteiger partial charge in [0, 0.05) is 32.7 Å². The van der Waals surface area contributed by atoms with Gasteiger partial charge in [-0.15, -0.1) is 24.0 Å². The van der Waals surface area contributed by atoms with Crippen LogP contribution < -0.4 is 5.32 Å². The third-order valence-corrected chi connectivity index (χ3v) is 5.14. The summed E-state index contributed by atoms with van der Waals surface area (Å²) in [4.78, 5) is 9.75. The van der Waals surface area contributed by atoms with Crippen molar-refractivity contribution >= 4 is 29.9 Å². The number of nitrogens with zero attached hydrogens (tertiary/aromatic N) is 3. The maximum absolute atomic E-state index is 4.98. The first-order valence-corrected chi connectivity index (χ1v) is 9.04. The third kappa shape index (κ3) is 6.07. The molecule has 0 aromatic heterocycles. The molecule has 1 saturated carbocycles. The van der Waals surface area contributed by atoms with Gasteiger partial charge in [0.25, 0.3) is 0 Å². The summed E-state index contributed by atoms with van der Waals surface area (Å²) in [7, 11) is 4.28. The molecule has 0 unspecified atom stereocenters. The molecule has 1 saturated heterocycles. The molecule has 23 heavy (non-hydrogen) atoms. The highest BCUT2D eigenvalue weighted by Crippen LogP contribution is 2.45. The number of hydrogen-bond donors (Lipinski definition) is 1. The first-order valence-electron chi connectivity index (χ1n) is 9.04. The minimum absolute atomic E-state index is 0. The van der Waals surface area contributed by atoms with Gasteiger partial charge in [-0.25, -0.2) is 0 Å². The molecule has 5 heteroatoms. The summed E-state index contributed by atoms with van der Waals surface area (Å²) >= 11 is 0. The van der Waals surface area contributed by atoms with E-state index in [1.807, 2.05) is 0 Å². The molecule has 1 aliphatic carbocycles. The molecular formula is C18H37IN4. The molecular weight excluding hydrogens is 399 g/mol. The van der Waals surface area contributed by atoms with Crippen LogP contribution in [0.1, 0.15) is 52.9 Å². The van der Waals surface area contributed by atoms with Crippen molar-refractivity contribution in [2.24, 2.45) is 15.8 Å². The number of likely N-dealkylation sites (tertiary alicyclic amines) is 1. The fourth-order valence-electron chi connectivity index (χ4n) is 4.27. The van der Waals surface area contributed by atoms with Crippen LogP contribution in [-0.2, 0) is 0 Å². The topological polar surface area (TPSA) is 30.9 Å². The second-order valence-corrected chi connectivity index (χ2v) is 8.45. The van der Waals surface area contributed by atoms with Gasteiger partial charge in [-0.3, -0.25) is 4.99 Å². The maximum Gasteiger partial charge on any atom is 0.193 e. The Morgan fingerprint density at radius 3 is 2.43 bits per heavy atom. The predicted molar refractivity (Wildman–Crippen MR) is 111 cm³/mol. The van der Waals surface area contributed by atoms with E-state index >= 15 is 0 Å². The molecule has 1 aliphatic heterocycles. The number of guanidine groups is 1. The average molecular weight is 436 g/mol. The lowest BCUT2D eigenvalue weighted by Gasteiger charge is -2.29. The minimum atomic E-state index is 0. The molecule has 2 aliphatic rings. The summed E-state index contributed by atoms with van der Waals surface area (Å²) in [6.07, 6.45) is 7.07. The molecule has 1 spiro atoms. The first-order chi connectivity index (χ1) is 10.4. The van der Waals surface area contributed by atoms with E-state index in [1.165, 1.54) is 45.2 Å². The van der Waals surface area contributed by atoms with Gasteiger partial charge in [-0.05, 0) is 51.1 Å². The molecule has 0 amide bonds. The molecule has 136 valence electrons. The van der Waals surface area contributed by atoms with Crippen molar-refractivity contribution in [3.63, 3.8) is 0 Å². The zero-order valence-corrected chi connectivity index (χ0v) is 18.2. The van der Waals surface area contributed by atoms with Gasteiger partial charge in [-0.2, -0.15) is 0 Å². The highest BCUT2D eigenvalue weighted by Gasteiger charge is 2.41. The van der Waals surface area contributed by atoms with Gasteiger partial charge in [0.2, 0.25) is 0 Å². The lowest BCUT2D eigenvalue weighted by Crippen LogP contribution is -2.42. The van der Waals surface area contributed by atoms with Crippen molar-refractivity contribution in [3.05, 3.63) is 0 Å². The summed E-state index contributed by atoms with van der Waals surface area (Å²) in [6, 6.07) is 0. The smallest absolute Gasteiger partial charge is 0.193 e. The van der Waals surface area contributed by atoms with Crippen LogP contribution in [0.15, 0.2) is 4.99 Å². The highest BCUT2D eigenvalue weighted by atomic mass is 127. The Morgan fingerprint density at radius 1 is 1.22 bits per heavy atom. The Hall–Kier alpha value is -0.0400. The van der Waals surface area contributed by atoms with E-state index in [9.17, 15) is 0 Å². The molecule has 4 nitrogen and oxygen atoms in total. The van der Waals surface area contributed by atoms with E-state index in [0.29, 0.717) is 5.41 Å². The molecule has 0 atom stereocenters. The fraction of sp³-hybridized carbons (Fsp3) is 0.944. The summed E-state index contributed by atoms with van der Waals surface area (Å²) in [5.41, 5.74) is 0.824. The second-order valence-electron chi connectivity index (χ2n) is 8.45. The Bertz CT molecular complexity index is 386. The van der Waals surface area contributed by atoms with Crippen molar-refractivity contribution < 1.29 is 0 Å². The van der Waals surface area contributed by atoms with Gasteiger partial charge in [0.05, 0.1) is 0 Å². The standard InChI is InChI=1S/C18H36N4.HI/c1-6-19-16(20-13-17(2,3)14-21(4)5)22-12-11-18(15-22)9-7-8-10-18;/h6-15H2,1-5H3,(H,19,20);1H. The Labute approximate surface area is 160 Å². The lowest BCUT2D eigenvalue weighted by molar-refractivity contribution is 0.247. The van der Waals surface area contributed by atoms with Crippen LogP contribution >= 0.6 is 24.0 Å². The van der Waals surface area contributed by atoms with E-state index in [2.05, 4.69) is 50.0 Å². The van der Waals surface area contributed by atoms with Crippen LogP contribution in [0.2, 0.25) is 0 Å². The summed E-state index contributed by atoms with van der Waals surface area (Å²) in [5, 5.41) is 3.52. The normalized spacial score (nSPS) is 21.1. The van der Waals surface area contributed by atoms with E-state index in [-0.39, 0.29) is 29.4 Å². The molecule has 2 rings (SSSR count). The molecule has 2 fully saturated rings. The SMILES string of the molecule is CCNC(=NCC(C)(C)CN(C)C)N1CCC2(CCCC2)C1.I. The zero-order chi connectivity index (χ0) is 16.2.